The van der Waals surface area contributed by atoms with Gasteiger partial charge in [0.15, 0.2) is 0 Å². The lowest BCUT2D eigenvalue weighted by Crippen LogP contribution is -2.09. The van der Waals surface area contributed by atoms with E-state index in [1.807, 2.05) is 0 Å². The molecule has 2 aromatic rings. The lowest BCUT2D eigenvalue weighted by Gasteiger charge is -2.14. The van der Waals surface area contributed by atoms with Crippen LogP contribution < -0.4 is 0 Å². The molecular weight excluding hydrogens is 268 g/mol. The number of aliphatic hydroxyl groups excluding tert-OH is 1. The van der Waals surface area contributed by atoms with Crippen molar-refractivity contribution in [3.8, 4) is 0 Å². The summed E-state index contributed by atoms with van der Waals surface area (Å²) in [4.78, 5) is 0. The Balaban J connectivity index is 1.80. The first-order valence-corrected chi connectivity index (χ1v) is 8.92. The molecule has 1 N–H and O–H groups in total. The fourth-order valence-electron chi connectivity index (χ4n) is 3.17. The second kappa shape index (κ2) is 9.63. The van der Waals surface area contributed by atoms with Crippen molar-refractivity contribution in [2.24, 2.45) is 5.92 Å². The molecule has 0 amide bonds. The minimum Gasteiger partial charge on any atom is -0.396 e. The van der Waals surface area contributed by atoms with E-state index in [1.54, 1.807) is 0 Å². The van der Waals surface area contributed by atoms with Gasteiger partial charge in [0.1, 0.15) is 0 Å². The van der Waals surface area contributed by atoms with Gasteiger partial charge < -0.3 is 5.11 Å². The van der Waals surface area contributed by atoms with Crippen molar-refractivity contribution in [2.75, 3.05) is 6.61 Å². The Morgan fingerprint density at radius 1 is 0.864 bits per heavy atom. The van der Waals surface area contributed by atoms with E-state index in [0.29, 0.717) is 12.5 Å². The fourth-order valence-corrected chi connectivity index (χ4v) is 3.17. The van der Waals surface area contributed by atoms with Crippen LogP contribution in [0.2, 0.25) is 0 Å². The van der Waals surface area contributed by atoms with E-state index < -0.39 is 0 Å². The first kappa shape index (κ1) is 17.0. The molecule has 0 saturated heterocycles. The maximum absolute atomic E-state index is 9.64. The van der Waals surface area contributed by atoms with Gasteiger partial charge in [0.05, 0.1) is 0 Å². The molecule has 0 aliphatic rings. The van der Waals surface area contributed by atoms with E-state index in [2.05, 4.69) is 49.4 Å². The van der Waals surface area contributed by atoms with Gasteiger partial charge in [-0.05, 0) is 35.1 Å². The van der Waals surface area contributed by atoms with Crippen LogP contribution in [0.15, 0.2) is 42.5 Å². The zero-order valence-electron chi connectivity index (χ0n) is 13.9. The minimum atomic E-state index is 0.307. The molecule has 0 heterocycles. The van der Waals surface area contributed by atoms with Crippen molar-refractivity contribution in [3.63, 3.8) is 0 Å². The van der Waals surface area contributed by atoms with E-state index in [9.17, 15) is 5.11 Å². The third-order valence-electron chi connectivity index (χ3n) is 4.56. The molecule has 0 radical (unpaired) electrons. The molecule has 0 aliphatic carbocycles. The first-order chi connectivity index (χ1) is 10.8. The summed E-state index contributed by atoms with van der Waals surface area (Å²) in [6.07, 6.45) is 10.1. The maximum atomic E-state index is 9.64. The molecule has 2 aromatic carbocycles. The summed E-state index contributed by atoms with van der Waals surface area (Å²) in [6.45, 7) is 2.56. The van der Waals surface area contributed by atoms with Crippen molar-refractivity contribution in [1.29, 1.82) is 0 Å². The SMILES string of the molecule is CCCCCCCCC(CO)Cc1ccc2ccccc2c1. The molecule has 0 fully saturated rings. The molecule has 1 unspecified atom stereocenters. The molecule has 1 heteroatoms. The number of unbranched alkanes of at least 4 members (excludes halogenated alkanes) is 5. The summed E-state index contributed by atoms with van der Waals surface area (Å²) in [5, 5.41) is 12.2. The third-order valence-corrected chi connectivity index (χ3v) is 4.56. The fraction of sp³-hybridized carbons (Fsp3) is 0.524. The van der Waals surface area contributed by atoms with Gasteiger partial charge in [-0.15, -0.1) is 0 Å². The van der Waals surface area contributed by atoms with Crippen molar-refractivity contribution in [3.05, 3.63) is 48.0 Å². The van der Waals surface area contributed by atoms with Crippen molar-refractivity contribution >= 4 is 10.8 Å². The number of hydrogen-bond acceptors (Lipinski definition) is 1. The Morgan fingerprint density at radius 3 is 2.36 bits per heavy atom. The average Bonchev–Trinajstić information content (AvgIpc) is 2.56. The van der Waals surface area contributed by atoms with Gasteiger partial charge in [-0.2, -0.15) is 0 Å². The monoisotopic (exact) mass is 298 g/mol. The molecule has 120 valence electrons. The second-order valence-electron chi connectivity index (χ2n) is 6.49. The number of aliphatic hydroxyl groups is 1. The standard InChI is InChI=1S/C21H30O/c1-2-3-4-5-6-7-10-19(17-22)15-18-13-14-20-11-8-9-12-21(20)16-18/h8-9,11-14,16,19,22H,2-7,10,15,17H2,1H3. The van der Waals surface area contributed by atoms with Crippen LogP contribution in [0.4, 0.5) is 0 Å². The Hall–Kier alpha value is -1.34. The molecule has 2 rings (SSSR count). The van der Waals surface area contributed by atoms with Gasteiger partial charge in [-0.25, -0.2) is 0 Å². The lowest BCUT2D eigenvalue weighted by atomic mass is 9.93. The Kier molecular flexibility index (Phi) is 7.45. The van der Waals surface area contributed by atoms with Crippen LogP contribution in [-0.2, 0) is 6.42 Å². The molecule has 0 saturated carbocycles. The van der Waals surface area contributed by atoms with Crippen molar-refractivity contribution in [1.82, 2.24) is 0 Å². The summed E-state index contributed by atoms with van der Waals surface area (Å²) in [5.41, 5.74) is 1.35. The van der Waals surface area contributed by atoms with E-state index in [0.717, 1.165) is 12.8 Å². The van der Waals surface area contributed by atoms with E-state index in [1.165, 1.54) is 54.9 Å². The van der Waals surface area contributed by atoms with E-state index >= 15 is 0 Å². The molecule has 1 nitrogen and oxygen atoms in total. The van der Waals surface area contributed by atoms with Crippen molar-refractivity contribution < 1.29 is 5.11 Å². The zero-order valence-corrected chi connectivity index (χ0v) is 13.9. The number of fused-ring (bicyclic) bond motifs is 1. The van der Waals surface area contributed by atoms with E-state index in [-0.39, 0.29) is 0 Å². The van der Waals surface area contributed by atoms with Gasteiger partial charge in [0, 0.05) is 6.61 Å². The maximum Gasteiger partial charge on any atom is 0.0462 e. The molecular formula is C21H30O. The third kappa shape index (κ3) is 5.46. The normalized spacial score (nSPS) is 12.6. The summed E-state index contributed by atoms with van der Waals surface area (Å²) < 4.78 is 0. The predicted molar refractivity (Wildman–Crippen MR) is 96.2 cm³/mol. The summed E-state index contributed by atoms with van der Waals surface area (Å²) in [7, 11) is 0. The van der Waals surface area contributed by atoms with Gasteiger partial charge in [-0.1, -0.05) is 87.9 Å². The first-order valence-electron chi connectivity index (χ1n) is 8.92. The Bertz CT molecular complexity index is 546. The Morgan fingerprint density at radius 2 is 1.59 bits per heavy atom. The molecule has 22 heavy (non-hydrogen) atoms. The topological polar surface area (TPSA) is 20.2 Å². The van der Waals surface area contributed by atoms with Crippen LogP contribution in [0, 0.1) is 5.92 Å². The molecule has 1 atom stereocenters. The lowest BCUT2D eigenvalue weighted by molar-refractivity contribution is 0.214. The van der Waals surface area contributed by atoms with E-state index in [4.69, 9.17) is 0 Å². The molecule has 0 aromatic heterocycles. The smallest absolute Gasteiger partial charge is 0.0462 e. The Labute approximate surface area is 135 Å². The largest absolute Gasteiger partial charge is 0.396 e. The van der Waals surface area contributed by atoms with Gasteiger partial charge >= 0.3 is 0 Å². The van der Waals surface area contributed by atoms with Gasteiger partial charge in [0.25, 0.3) is 0 Å². The quantitative estimate of drug-likeness (QED) is 0.554. The van der Waals surface area contributed by atoms with Crippen LogP contribution in [0.3, 0.4) is 0 Å². The summed E-state index contributed by atoms with van der Waals surface area (Å²) in [6, 6.07) is 15.2. The molecule has 0 bridgehead atoms. The highest BCUT2D eigenvalue weighted by atomic mass is 16.3. The zero-order chi connectivity index (χ0) is 15.6. The van der Waals surface area contributed by atoms with Crippen LogP contribution in [-0.4, -0.2) is 11.7 Å². The van der Waals surface area contributed by atoms with Gasteiger partial charge in [-0.3, -0.25) is 0 Å². The highest BCUT2D eigenvalue weighted by molar-refractivity contribution is 5.82. The highest BCUT2D eigenvalue weighted by Crippen LogP contribution is 2.20. The molecule has 0 spiro atoms. The summed E-state index contributed by atoms with van der Waals surface area (Å²) in [5.74, 6) is 0.410. The van der Waals surface area contributed by atoms with Gasteiger partial charge in [0.2, 0.25) is 0 Å². The number of hydrogen-bond donors (Lipinski definition) is 1. The van der Waals surface area contributed by atoms with Crippen LogP contribution in [0.5, 0.6) is 0 Å². The minimum absolute atomic E-state index is 0.307. The summed E-state index contributed by atoms with van der Waals surface area (Å²) >= 11 is 0. The van der Waals surface area contributed by atoms with Crippen LogP contribution in [0.1, 0.15) is 57.4 Å². The average molecular weight is 298 g/mol. The second-order valence-corrected chi connectivity index (χ2v) is 6.49. The van der Waals surface area contributed by atoms with Crippen molar-refractivity contribution in [2.45, 2.75) is 58.3 Å². The van der Waals surface area contributed by atoms with Crippen LogP contribution in [0.25, 0.3) is 10.8 Å². The molecule has 0 aliphatic heterocycles. The predicted octanol–water partition coefficient (Wildman–Crippen LogP) is 5.74. The number of rotatable bonds is 10. The van der Waals surface area contributed by atoms with Crippen LogP contribution >= 0.6 is 0 Å². The number of benzene rings is 2. The highest BCUT2D eigenvalue weighted by Gasteiger charge is 2.09.